The molecule has 114 valence electrons. The van der Waals surface area contributed by atoms with Gasteiger partial charge in [0.1, 0.15) is 0 Å². The molecule has 1 fully saturated rings. The maximum Gasteiger partial charge on any atom is 0.306 e. The van der Waals surface area contributed by atoms with Crippen molar-refractivity contribution in [1.82, 2.24) is 9.88 Å². The molecule has 1 aromatic carbocycles. The van der Waals surface area contributed by atoms with Crippen molar-refractivity contribution in [1.29, 1.82) is 0 Å². The van der Waals surface area contributed by atoms with Gasteiger partial charge in [0.25, 0.3) is 5.91 Å². The molecule has 0 unspecified atom stereocenters. The van der Waals surface area contributed by atoms with E-state index in [1.54, 1.807) is 23.2 Å². The number of amides is 1. The molecule has 2 aromatic rings. The molecule has 1 amide bonds. The molecule has 2 heterocycles. The summed E-state index contributed by atoms with van der Waals surface area (Å²) in [6.45, 7) is 0.972. The summed E-state index contributed by atoms with van der Waals surface area (Å²) in [6, 6.07) is 7.14. The summed E-state index contributed by atoms with van der Waals surface area (Å²) in [5.74, 6) is -0.518. The van der Waals surface area contributed by atoms with E-state index in [2.05, 4.69) is 4.98 Å². The second kappa shape index (κ2) is 6.01. The van der Waals surface area contributed by atoms with Crippen molar-refractivity contribution in [2.24, 2.45) is 5.92 Å². The molecule has 0 atom stereocenters. The van der Waals surface area contributed by atoms with Crippen LogP contribution in [0.25, 0.3) is 11.3 Å². The van der Waals surface area contributed by atoms with Crippen LogP contribution in [-0.4, -0.2) is 40.0 Å². The first-order chi connectivity index (χ1) is 10.6. The number of piperidine rings is 1. The van der Waals surface area contributed by atoms with Crippen LogP contribution in [0.2, 0.25) is 0 Å². The minimum absolute atomic E-state index is 0.0621. The van der Waals surface area contributed by atoms with Gasteiger partial charge in [-0.1, -0.05) is 12.1 Å². The van der Waals surface area contributed by atoms with E-state index in [0.717, 1.165) is 5.56 Å². The standard InChI is InChI=1S/C16H16N2O4/c19-15(18-7-5-13(6-8-18)16(20)21)12-3-1-11(2-4-12)14-9-17-10-22-14/h1-4,9-10,13H,5-8H2,(H,20,21). The van der Waals surface area contributed by atoms with E-state index in [-0.39, 0.29) is 11.8 Å². The number of oxazole rings is 1. The van der Waals surface area contributed by atoms with Gasteiger partial charge in [-0.25, -0.2) is 4.98 Å². The summed E-state index contributed by atoms with van der Waals surface area (Å²) in [4.78, 5) is 28.9. The first-order valence-electron chi connectivity index (χ1n) is 7.16. The number of aromatic nitrogens is 1. The number of rotatable bonds is 3. The molecule has 6 heteroatoms. The lowest BCUT2D eigenvalue weighted by Gasteiger charge is -2.30. The van der Waals surface area contributed by atoms with Gasteiger partial charge in [-0.05, 0) is 25.0 Å². The molecule has 3 rings (SSSR count). The summed E-state index contributed by atoms with van der Waals surface area (Å²) < 4.78 is 5.21. The lowest BCUT2D eigenvalue weighted by atomic mass is 9.96. The third-order valence-corrected chi connectivity index (χ3v) is 3.98. The van der Waals surface area contributed by atoms with Crippen molar-refractivity contribution in [3.8, 4) is 11.3 Å². The minimum Gasteiger partial charge on any atom is -0.481 e. The predicted octanol–water partition coefficient (Wildman–Crippen LogP) is 2.28. The smallest absolute Gasteiger partial charge is 0.306 e. The van der Waals surface area contributed by atoms with Gasteiger partial charge in [-0.15, -0.1) is 0 Å². The predicted molar refractivity (Wildman–Crippen MR) is 78.2 cm³/mol. The Morgan fingerprint density at radius 1 is 1.18 bits per heavy atom. The Morgan fingerprint density at radius 3 is 2.41 bits per heavy atom. The van der Waals surface area contributed by atoms with Crippen LogP contribution in [0.5, 0.6) is 0 Å². The molecular weight excluding hydrogens is 284 g/mol. The highest BCUT2D eigenvalue weighted by Crippen LogP contribution is 2.22. The number of hydrogen-bond donors (Lipinski definition) is 1. The summed E-state index contributed by atoms with van der Waals surface area (Å²) in [5, 5.41) is 8.98. The molecule has 1 aliphatic heterocycles. The van der Waals surface area contributed by atoms with Gasteiger partial charge < -0.3 is 14.4 Å². The fraction of sp³-hybridized carbons (Fsp3) is 0.312. The van der Waals surface area contributed by atoms with Gasteiger partial charge in [-0.3, -0.25) is 9.59 Å². The third kappa shape index (κ3) is 2.86. The largest absolute Gasteiger partial charge is 0.481 e. The van der Waals surface area contributed by atoms with E-state index < -0.39 is 5.97 Å². The maximum atomic E-state index is 12.4. The number of aliphatic carboxylic acids is 1. The van der Waals surface area contributed by atoms with Crippen molar-refractivity contribution in [3.05, 3.63) is 42.4 Å². The van der Waals surface area contributed by atoms with Crippen molar-refractivity contribution < 1.29 is 19.1 Å². The second-order valence-corrected chi connectivity index (χ2v) is 5.35. The van der Waals surface area contributed by atoms with Crippen LogP contribution < -0.4 is 0 Å². The summed E-state index contributed by atoms with van der Waals surface area (Å²) in [7, 11) is 0. The molecule has 6 nitrogen and oxygen atoms in total. The highest BCUT2D eigenvalue weighted by atomic mass is 16.4. The molecule has 1 saturated heterocycles. The van der Waals surface area contributed by atoms with Gasteiger partial charge in [0.2, 0.25) is 0 Å². The number of nitrogens with zero attached hydrogens (tertiary/aromatic N) is 2. The third-order valence-electron chi connectivity index (χ3n) is 3.98. The van der Waals surface area contributed by atoms with Crippen molar-refractivity contribution >= 4 is 11.9 Å². The number of carboxylic acid groups (broad SMARTS) is 1. The Balaban J connectivity index is 1.67. The SMILES string of the molecule is O=C(O)C1CCN(C(=O)c2ccc(-c3cnco3)cc2)CC1. The molecular formula is C16H16N2O4. The van der Waals surface area contributed by atoms with Crippen LogP contribution in [0.4, 0.5) is 0 Å². The molecule has 0 aliphatic carbocycles. The molecule has 1 N–H and O–H groups in total. The Bertz CT molecular complexity index is 656. The quantitative estimate of drug-likeness (QED) is 0.940. The van der Waals surface area contributed by atoms with Crippen LogP contribution in [0.15, 0.2) is 41.3 Å². The number of carboxylic acids is 1. The van der Waals surface area contributed by atoms with Gasteiger partial charge >= 0.3 is 5.97 Å². The van der Waals surface area contributed by atoms with Crippen molar-refractivity contribution in [3.63, 3.8) is 0 Å². The topological polar surface area (TPSA) is 83.6 Å². The van der Waals surface area contributed by atoms with Gasteiger partial charge in [0.05, 0.1) is 12.1 Å². The zero-order valence-corrected chi connectivity index (χ0v) is 11.9. The van der Waals surface area contributed by atoms with E-state index in [4.69, 9.17) is 9.52 Å². The van der Waals surface area contributed by atoms with Gasteiger partial charge in [0, 0.05) is 24.2 Å². The van der Waals surface area contributed by atoms with Crippen LogP contribution in [-0.2, 0) is 4.79 Å². The van der Waals surface area contributed by atoms with E-state index in [9.17, 15) is 9.59 Å². The average molecular weight is 300 g/mol. The average Bonchev–Trinajstić information content (AvgIpc) is 3.09. The monoisotopic (exact) mass is 300 g/mol. The number of hydrogen-bond acceptors (Lipinski definition) is 4. The first-order valence-corrected chi connectivity index (χ1v) is 7.16. The van der Waals surface area contributed by atoms with Crippen molar-refractivity contribution in [2.45, 2.75) is 12.8 Å². The fourth-order valence-electron chi connectivity index (χ4n) is 2.65. The van der Waals surface area contributed by atoms with Crippen molar-refractivity contribution in [2.75, 3.05) is 13.1 Å². The zero-order valence-electron chi connectivity index (χ0n) is 11.9. The number of benzene rings is 1. The molecule has 1 aromatic heterocycles. The van der Waals surface area contributed by atoms with Crippen LogP contribution >= 0.6 is 0 Å². The molecule has 22 heavy (non-hydrogen) atoms. The van der Waals surface area contributed by atoms with Crippen LogP contribution in [0.1, 0.15) is 23.2 Å². The van der Waals surface area contributed by atoms with Gasteiger partial charge in [-0.2, -0.15) is 0 Å². The number of carbonyl (C=O) groups is 2. The zero-order chi connectivity index (χ0) is 15.5. The highest BCUT2D eigenvalue weighted by molar-refractivity contribution is 5.94. The second-order valence-electron chi connectivity index (χ2n) is 5.35. The van der Waals surface area contributed by atoms with Crippen LogP contribution in [0.3, 0.4) is 0 Å². The summed E-state index contributed by atoms with van der Waals surface area (Å²) in [5.41, 5.74) is 1.45. The Morgan fingerprint density at radius 2 is 1.86 bits per heavy atom. The Labute approximate surface area is 127 Å². The lowest BCUT2D eigenvalue weighted by Crippen LogP contribution is -2.40. The first kappa shape index (κ1) is 14.3. The molecule has 0 spiro atoms. The minimum atomic E-state index is -0.775. The van der Waals surface area contributed by atoms with E-state index in [1.165, 1.54) is 6.39 Å². The van der Waals surface area contributed by atoms with Gasteiger partial charge in [0.15, 0.2) is 12.2 Å². The number of carbonyl (C=O) groups excluding carboxylic acids is 1. The summed E-state index contributed by atoms with van der Waals surface area (Å²) in [6.07, 6.45) is 4.00. The molecule has 0 bridgehead atoms. The molecule has 0 saturated carbocycles. The van der Waals surface area contributed by atoms with Crippen LogP contribution in [0, 0.1) is 5.92 Å². The Hall–Kier alpha value is -2.63. The normalized spacial score (nSPS) is 15.7. The van der Waals surface area contributed by atoms with E-state index >= 15 is 0 Å². The maximum absolute atomic E-state index is 12.4. The van der Waals surface area contributed by atoms with E-state index in [1.807, 2.05) is 12.1 Å². The summed E-state index contributed by atoms with van der Waals surface area (Å²) >= 11 is 0. The molecule has 0 radical (unpaired) electrons. The number of likely N-dealkylation sites (tertiary alicyclic amines) is 1. The molecule has 1 aliphatic rings. The fourth-order valence-corrected chi connectivity index (χ4v) is 2.65. The highest BCUT2D eigenvalue weighted by Gasteiger charge is 2.27. The lowest BCUT2D eigenvalue weighted by molar-refractivity contribution is -0.143. The van der Waals surface area contributed by atoms with E-state index in [0.29, 0.717) is 37.3 Å². The Kier molecular flexibility index (Phi) is 3.91.